The first kappa shape index (κ1) is 20.8. The normalized spacial score (nSPS) is 12.5. The summed E-state index contributed by atoms with van der Waals surface area (Å²) in [5.41, 5.74) is 2.47. The zero-order valence-electron chi connectivity index (χ0n) is 16.0. The predicted molar refractivity (Wildman–Crippen MR) is 109 cm³/mol. The van der Waals surface area contributed by atoms with Crippen LogP contribution in [0.1, 0.15) is 23.7 Å². The maximum absolute atomic E-state index is 12.1. The van der Waals surface area contributed by atoms with Crippen LogP contribution in [0.5, 0.6) is 0 Å². The smallest absolute Gasteiger partial charge is 0.220 e. The van der Waals surface area contributed by atoms with E-state index in [1.165, 1.54) is 0 Å². The van der Waals surface area contributed by atoms with E-state index < -0.39 is 15.9 Å². The molecular formula is C21H23N3O4S. The van der Waals surface area contributed by atoms with Gasteiger partial charge in [-0.25, -0.2) is 13.1 Å². The Bertz CT molecular complexity index is 1040. The number of aromatic nitrogens is 2. The number of nitrogens with zero attached hydrogens (tertiary/aromatic N) is 2. The molecule has 1 heterocycles. The van der Waals surface area contributed by atoms with E-state index in [0.717, 1.165) is 17.5 Å². The number of amides is 1. The third-order valence-corrected chi connectivity index (χ3v) is 5.66. The monoisotopic (exact) mass is 413 g/mol. The van der Waals surface area contributed by atoms with Gasteiger partial charge in [-0.05, 0) is 47.9 Å². The Morgan fingerprint density at radius 1 is 1.14 bits per heavy atom. The van der Waals surface area contributed by atoms with Crippen molar-refractivity contribution < 1.29 is 18.3 Å². The van der Waals surface area contributed by atoms with Gasteiger partial charge in [-0.15, -0.1) is 0 Å². The van der Waals surface area contributed by atoms with E-state index in [-0.39, 0.29) is 23.8 Å². The molecule has 0 radical (unpaired) electrons. The maximum atomic E-state index is 12.1. The van der Waals surface area contributed by atoms with Crippen molar-refractivity contribution in [3.63, 3.8) is 0 Å². The van der Waals surface area contributed by atoms with E-state index in [0.29, 0.717) is 12.0 Å². The lowest BCUT2D eigenvalue weighted by atomic mass is 10.1. The summed E-state index contributed by atoms with van der Waals surface area (Å²) in [6.45, 7) is 0.118. The highest BCUT2D eigenvalue weighted by Gasteiger charge is 2.11. The molecule has 2 N–H and O–H groups in total. The molecule has 152 valence electrons. The second kappa shape index (κ2) is 9.02. The van der Waals surface area contributed by atoms with Gasteiger partial charge in [-0.3, -0.25) is 4.79 Å². The summed E-state index contributed by atoms with van der Waals surface area (Å²) in [5.74, 6) is -0.176. The number of rotatable bonds is 8. The Hall–Kier alpha value is -2.97. The highest BCUT2D eigenvalue weighted by Crippen LogP contribution is 2.15. The van der Waals surface area contributed by atoms with Gasteiger partial charge < -0.3 is 10.4 Å². The summed E-state index contributed by atoms with van der Waals surface area (Å²) in [7, 11) is -3.22. The summed E-state index contributed by atoms with van der Waals surface area (Å²) in [5, 5.41) is 17.2. The molecule has 1 atom stereocenters. The molecule has 3 aromatic rings. The highest BCUT2D eigenvalue weighted by atomic mass is 32.2. The van der Waals surface area contributed by atoms with Crippen molar-refractivity contribution in [1.82, 2.24) is 15.1 Å². The molecule has 0 spiro atoms. The van der Waals surface area contributed by atoms with Gasteiger partial charge in [0.05, 0.1) is 16.7 Å². The lowest BCUT2D eigenvalue weighted by Crippen LogP contribution is -2.28. The second-order valence-electron chi connectivity index (χ2n) is 6.78. The largest absolute Gasteiger partial charge is 0.387 e. The number of aliphatic hydroxyl groups is 1. The number of hydrogen-bond acceptors (Lipinski definition) is 5. The standard InChI is InChI=1S/C21H23N3O4S/c1-29(27,28)19-10-3-16(4-11-19)5-12-21(26)22-15-20(25)17-6-8-18(9-7-17)24-14-2-13-23-24/h2-4,6-11,13-14,20,25H,5,12,15H2,1H3,(H,22,26). The number of carbonyl (C=O) groups excluding carboxylic acids is 1. The van der Waals surface area contributed by atoms with Crippen LogP contribution in [0.15, 0.2) is 71.9 Å². The number of carbonyl (C=O) groups is 1. The fraction of sp³-hybridized carbons (Fsp3) is 0.238. The molecule has 1 unspecified atom stereocenters. The molecule has 0 bridgehead atoms. The Labute approximate surface area is 169 Å². The molecule has 1 aromatic heterocycles. The topological polar surface area (TPSA) is 101 Å². The molecule has 8 heteroatoms. The van der Waals surface area contributed by atoms with Crippen LogP contribution in [0, 0.1) is 0 Å². The van der Waals surface area contributed by atoms with Crippen molar-refractivity contribution in [2.75, 3.05) is 12.8 Å². The molecular weight excluding hydrogens is 390 g/mol. The predicted octanol–water partition coefficient (Wildman–Crippen LogP) is 2.06. The van der Waals surface area contributed by atoms with Gasteiger partial charge in [0, 0.05) is 31.6 Å². The number of sulfone groups is 1. The van der Waals surface area contributed by atoms with Crippen molar-refractivity contribution in [1.29, 1.82) is 0 Å². The molecule has 29 heavy (non-hydrogen) atoms. The number of benzene rings is 2. The van der Waals surface area contributed by atoms with Crippen LogP contribution in [-0.4, -0.2) is 42.0 Å². The maximum Gasteiger partial charge on any atom is 0.220 e. The van der Waals surface area contributed by atoms with Crippen LogP contribution in [0.3, 0.4) is 0 Å². The first-order valence-electron chi connectivity index (χ1n) is 9.17. The van der Waals surface area contributed by atoms with Crippen molar-refractivity contribution in [2.45, 2.75) is 23.8 Å². The minimum atomic E-state index is -3.22. The molecule has 2 aromatic carbocycles. The minimum absolute atomic E-state index is 0.118. The minimum Gasteiger partial charge on any atom is -0.387 e. The van der Waals surface area contributed by atoms with Crippen molar-refractivity contribution >= 4 is 15.7 Å². The van der Waals surface area contributed by atoms with Crippen LogP contribution in [0.2, 0.25) is 0 Å². The number of aryl methyl sites for hydroxylation is 1. The van der Waals surface area contributed by atoms with E-state index in [4.69, 9.17) is 0 Å². The third-order valence-electron chi connectivity index (χ3n) is 4.53. The summed E-state index contributed by atoms with van der Waals surface area (Å²) in [6, 6.07) is 15.6. The van der Waals surface area contributed by atoms with E-state index in [2.05, 4.69) is 10.4 Å². The fourth-order valence-corrected chi connectivity index (χ4v) is 3.48. The molecule has 3 rings (SSSR count). The summed E-state index contributed by atoms with van der Waals surface area (Å²) in [4.78, 5) is 12.3. The number of nitrogens with one attached hydrogen (secondary N) is 1. The molecule has 0 aliphatic carbocycles. The third kappa shape index (κ3) is 5.75. The first-order valence-corrected chi connectivity index (χ1v) is 11.1. The lowest BCUT2D eigenvalue weighted by molar-refractivity contribution is -0.121. The Kier molecular flexibility index (Phi) is 6.46. The van der Waals surface area contributed by atoms with E-state index in [9.17, 15) is 18.3 Å². The van der Waals surface area contributed by atoms with Crippen LogP contribution < -0.4 is 5.32 Å². The number of aliphatic hydroxyl groups excluding tert-OH is 1. The van der Waals surface area contributed by atoms with Gasteiger partial charge in [0.2, 0.25) is 5.91 Å². The summed E-state index contributed by atoms with van der Waals surface area (Å²) in [6.07, 6.45) is 4.62. The summed E-state index contributed by atoms with van der Waals surface area (Å²) >= 11 is 0. The Balaban J connectivity index is 1.46. The average molecular weight is 413 g/mol. The zero-order valence-corrected chi connectivity index (χ0v) is 16.8. The van der Waals surface area contributed by atoms with Crippen molar-refractivity contribution in [2.24, 2.45) is 0 Å². The molecule has 0 saturated carbocycles. The Morgan fingerprint density at radius 2 is 1.83 bits per heavy atom. The van der Waals surface area contributed by atoms with E-state index in [1.54, 1.807) is 47.3 Å². The van der Waals surface area contributed by atoms with Gasteiger partial charge in [-0.2, -0.15) is 5.10 Å². The van der Waals surface area contributed by atoms with Crippen molar-refractivity contribution in [3.05, 3.63) is 78.1 Å². The van der Waals surface area contributed by atoms with Crippen LogP contribution >= 0.6 is 0 Å². The van der Waals surface area contributed by atoms with Crippen molar-refractivity contribution in [3.8, 4) is 5.69 Å². The van der Waals surface area contributed by atoms with Gasteiger partial charge in [0.25, 0.3) is 0 Å². The molecule has 1 amide bonds. The second-order valence-corrected chi connectivity index (χ2v) is 8.79. The summed E-state index contributed by atoms with van der Waals surface area (Å²) < 4.78 is 24.6. The van der Waals surface area contributed by atoms with Crippen LogP contribution in [0.4, 0.5) is 0 Å². The quantitative estimate of drug-likeness (QED) is 0.589. The molecule has 0 saturated heterocycles. The lowest BCUT2D eigenvalue weighted by Gasteiger charge is -2.13. The molecule has 0 fully saturated rings. The van der Waals surface area contributed by atoms with Gasteiger partial charge in [0.1, 0.15) is 0 Å². The molecule has 7 nitrogen and oxygen atoms in total. The molecule has 0 aliphatic rings. The molecule has 0 aliphatic heterocycles. The number of hydrogen-bond donors (Lipinski definition) is 2. The fourth-order valence-electron chi connectivity index (χ4n) is 2.85. The van der Waals surface area contributed by atoms with Gasteiger partial charge >= 0.3 is 0 Å². The average Bonchev–Trinajstić information content (AvgIpc) is 3.25. The van der Waals surface area contributed by atoms with Crippen LogP contribution in [-0.2, 0) is 21.1 Å². The van der Waals surface area contributed by atoms with Gasteiger partial charge in [0.15, 0.2) is 9.84 Å². The highest BCUT2D eigenvalue weighted by molar-refractivity contribution is 7.90. The first-order chi connectivity index (χ1) is 13.8. The van der Waals surface area contributed by atoms with Gasteiger partial charge in [-0.1, -0.05) is 24.3 Å². The van der Waals surface area contributed by atoms with E-state index in [1.807, 2.05) is 24.4 Å². The SMILES string of the molecule is CS(=O)(=O)c1ccc(CCC(=O)NCC(O)c2ccc(-n3cccn3)cc2)cc1. The van der Waals surface area contributed by atoms with Crippen LogP contribution in [0.25, 0.3) is 5.69 Å². The van der Waals surface area contributed by atoms with E-state index >= 15 is 0 Å². The zero-order chi connectivity index (χ0) is 20.9. The Morgan fingerprint density at radius 3 is 2.41 bits per heavy atom.